The average molecular weight is 539 g/mol. The van der Waals surface area contributed by atoms with Gasteiger partial charge in [-0.3, -0.25) is 9.59 Å². The Morgan fingerprint density at radius 1 is 0.564 bits per heavy atom. The Morgan fingerprint density at radius 3 is 1.23 bits per heavy atom. The number of carbonyl (C=O) groups is 2. The van der Waals surface area contributed by atoms with E-state index in [-0.39, 0.29) is 11.1 Å². The number of epoxide rings is 2. The molecular formula is C32H26O6S. The van der Waals surface area contributed by atoms with E-state index in [1.165, 1.54) is 0 Å². The molecule has 0 saturated carbocycles. The maximum atomic E-state index is 14.8. The highest BCUT2D eigenvalue weighted by Gasteiger charge is 2.85. The van der Waals surface area contributed by atoms with Crippen molar-refractivity contribution in [1.82, 2.24) is 0 Å². The minimum Gasteiger partial charge on any atom is -0.337 e. The summed E-state index contributed by atoms with van der Waals surface area (Å²) in [5.41, 5.74) is 3.24. The number of sulfone groups is 1. The highest BCUT2D eigenvalue weighted by Crippen LogP contribution is 2.66. The van der Waals surface area contributed by atoms with Crippen LogP contribution in [0, 0.1) is 13.8 Å². The highest BCUT2D eigenvalue weighted by molar-refractivity contribution is 7.96. The minimum absolute atomic E-state index is 0.178. The van der Waals surface area contributed by atoms with E-state index in [1.54, 1.807) is 109 Å². The predicted octanol–water partition coefficient (Wildman–Crippen LogP) is 5.72. The molecule has 0 spiro atoms. The molecule has 0 amide bonds. The summed E-state index contributed by atoms with van der Waals surface area (Å²) in [7, 11) is -4.77. The molecule has 2 fully saturated rings. The number of ketones is 2. The molecule has 2 aliphatic rings. The number of ether oxygens (including phenoxy) is 2. The summed E-state index contributed by atoms with van der Waals surface area (Å²) in [6, 6.07) is 30.7. The van der Waals surface area contributed by atoms with E-state index in [1.807, 2.05) is 13.8 Å². The van der Waals surface area contributed by atoms with Crippen LogP contribution in [0.15, 0.2) is 109 Å². The fraction of sp³-hybridized carbons (Fsp3) is 0.188. The fourth-order valence-corrected chi connectivity index (χ4v) is 7.60. The van der Waals surface area contributed by atoms with Crippen molar-refractivity contribution in [2.75, 3.05) is 0 Å². The summed E-state index contributed by atoms with van der Waals surface area (Å²) in [6.07, 6.45) is -2.19. The molecule has 4 aromatic carbocycles. The quantitative estimate of drug-likeness (QED) is 0.210. The van der Waals surface area contributed by atoms with E-state index in [9.17, 15) is 18.0 Å². The minimum atomic E-state index is -4.77. The van der Waals surface area contributed by atoms with Crippen LogP contribution in [0.3, 0.4) is 0 Å². The zero-order valence-electron chi connectivity index (χ0n) is 21.4. The second-order valence-electron chi connectivity index (χ2n) is 10.0. The standard InChI is InChI=1S/C32H26O6S/c1-21-13-17-23(18-14-21)27(33)31(29(37-31)25-9-5-3-6-10-25)39(35,36)32(28(34)24-19-15-22(2)16-20-24)30(38-32)26-11-7-4-8-12-26/h3-20,29-30H,1-2H3/t29-,30-,31-,32-/m0/s1. The van der Waals surface area contributed by atoms with E-state index >= 15 is 0 Å². The molecule has 2 saturated heterocycles. The van der Waals surface area contributed by atoms with Crippen LogP contribution in [-0.4, -0.2) is 29.9 Å². The van der Waals surface area contributed by atoms with Crippen LogP contribution in [-0.2, 0) is 19.3 Å². The van der Waals surface area contributed by atoms with Gasteiger partial charge in [-0.25, -0.2) is 8.42 Å². The predicted molar refractivity (Wildman–Crippen MR) is 146 cm³/mol. The fourth-order valence-electron chi connectivity index (χ4n) is 5.15. The molecule has 6 nitrogen and oxygen atoms in total. The normalized spacial score (nSPS) is 25.6. The number of aryl methyl sites for hydroxylation is 2. The summed E-state index contributed by atoms with van der Waals surface area (Å²) < 4.78 is 41.6. The van der Waals surface area contributed by atoms with Gasteiger partial charge in [0.15, 0.2) is 0 Å². The van der Waals surface area contributed by atoms with Crippen LogP contribution in [0.4, 0.5) is 0 Å². The molecule has 0 radical (unpaired) electrons. The lowest BCUT2D eigenvalue weighted by atomic mass is 10.0. The smallest absolute Gasteiger partial charge is 0.267 e. The Kier molecular flexibility index (Phi) is 5.91. The van der Waals surface area contributed by atoms with Crippen molar-refractivity contribution in [3.63, 3.8) is 0 Å². The van der Waals surface area contributed by atoms with E-state index < -0.39 is 43.5 Å². The lowest BCUT2D eigenvalue weighted by Gasteiger charge is -2.20. The largest absolute Gasteiger partial charge is 0.337 e. The first-order valence-electron chi connectivity index (χ1n) is 12.6. The maximum absolute atomic E-state index is 14.8. The van der Waals surface area contributed by atoms with E-state index in [4.69, 9.17) is 9.47 Å². The molecule has 0 aromatic heterocycles. The van der Waals surface area contributed by atoms with Crippen molar-refractivity contribution >= 4 is 21.4 Å². The molecule has 196 valence electrons. The molecule has 0 unspecified atom stereocenters. The van der Waals surface area contributed by atoms with Crippen LogP contribution in [0.25, 0.3) is 0 Å². The Balaban J connectivity index is 1.53. The van der Waals surface area contributed by atoms with Crippen LogP contribution in [0.2, 0.25) is 0 Å². The van der Waals surface area contributed by atoms with Gasteiger partial charge in [0, 0.05) is 11.1 Å². The van der Waals surface area contributed by atoms with Gasteiger partial charge < -0.3 is 9.47 Å². The van der Waals surface area contributed by atoms with Crippen molar-refractivity contribution in [3.05, 3.63) is 143 Å². The summed E-state index contributed by atoms with van der Waals surface area (Å²) >= 11 is 0. The van der Waals surface area contributed by atoms with Crippen molar-refractivity contribution in [2.24, 2.45) is 0 Å². The zero-order chi connectivity index (χ0) is 27.4. The highest BCUT2D eigenvalue weighted by atomic mass is 32.2. The third-order valence-corrected chi connectivity index (χ3v) is 10.0. The van der Waals surface area contributed by atoms with Gasteiger partial charge in [-0.15, -0.1) is 0 Å². The Morgan fingerprint density at radius 2 is 0.897 bits per heavy atom. The van der Waals surface area contributed by atoms with E-state index in [0.717, 1.165) is 11.1 Å². The van der Waals surface area contributed by atoms with Crippen LogP contribution in [0.5, 0.6) is 0 Å². The van der Waals surface area contributed by atoms with Gasteiger partial charge in [-0.05, 0) is 25.0 Å². The third kappa shape index (κ3) is 3.80. The summed E-state index contributed by atoms with van der Waals surface area (Å²) in [4.78, 5) is 23.6. The van der Waals surface area contributed by atoms with Crippen molar-refractivity contribution < 1.29 is 27.5 Å². The number of hydrogen-bond donors (Lipinski definition) is 0. The number of Topliss-reactive ketones (excluding diaryl/α,β-unsaturated/α-hetero) is 2. The summed E-state index contributed by atoms with van der Waals surface area (Å²) in [5.74, 6) is -1.45. The zero-order valence-corrected chi connectivity index (χ0v) is 22.2. The lowest BCUT2D eigenvalue weighted by molar-refractivity contribution is 0.0910. The SMILES string of the molecule is Cc1ccc(C(=O)[C@@]2(S(=O)(=O)[C@]3(C(=O)c4ccc(C)cc4)O[C@H]3c3ccccc3)O[C@H]2c2ccccc2)cc1. The van der Waals surface area contributed by atoms with Crippen LogP contribution in [0.1, 0.15) is 55.2 Å². The first-order valence-corrected chi connectivity index (χ1v) is 14.1. The van der Waals surface area contributed by atoms with Gasteiger partial charge >= 0.3 is 0 Å². The molecular weight excluding hydrogens is 512 g/mol. The number of benzene rings is 4. The Bertz CT molecular complexity index is 1540. The molecule has 0 bridgehead atoms. The number of hydrogen-bond acceptors (Lipinski definition) is 6. The van der Waals surface area contributed by atoms with Gasteiger partial charge in [0.1, 0.15) is 12.2 Å². The molecule has 4 atom stereocenters. The molecule has 0 aliphatic carbocycles. The topological polar surface area (TPSA) is 93.3 Å². The molecule has 2 aliphatic heterocycles. The lowest BCUT2D eigenvalue weighted by Crippen LogP contribution is -2.48. The second-order valence-corrected chi connectivity index (χ2v) is 12.3. The summed E-state index contributed by atoms with van der Waals surface area (Å²) in [5, 5.41) is 0. The molecule has 6 rings (SSSR count). The Labute approximate surface area is 227 Å². The number of rotatable bonds is 8. The third-order valence-electron chi connectivity index (χ3n) is 7.43. The van der Waals surface area contributed by atoms with Gasteiger partial charge in [0.2, 0.25) is 21.4 Å². The van der Waals surface area contributed by atoms with Crippen molar-refractivity contribution in [2.45, 2.75) is 35.9 Å². The van der Waals surface area contributed by atoms with Crippen LogP contribution >= 0.6 is 0 Å². The van der Waals surface area contributed by atoms with Gasteiger partial charge in [0.05, 0.1) is 0 Å². The van der Waals surface area contributed by atoms with E-state index in [2.05, 4.69) is 0 Å². The van der Waals surface area contributed by atoms with E-state index in [0.29, 0.717) is 11.1 Å². The van der Waals surface area contributed by atoms with Crippen molar-refractivity contribution in [3.8, 4) is 0 Å². The summed E-state index contributed by atoms with van der Waals surface area (Å²) in [6.45, 7) is 3.75. The van der Waals surface area contributed by atoms with Gasteiger partial charge in [-0.2, -0.15) is 0 Å². The molecule has 2 heterocycles. The Hall–Kier alpha value is -3.91. The molecule has 0 N–H and O–H groups in total. The van der Waals surface area contributed by atoms with Crippen LogP contribution < -0.4 is 0 Å². The maximum Gasteiger partial charge on any atom is 0.267 e. The average Bonchev–Trinajstić information content (AvgIpc) is 3.88. The first kappa shape index (κ1) is 25.4. The number of carbonyl (C=O) groups excluding carboxylic acids is 2. The van der Waals surface area contributed by atoms with Gasteiger partial charge in [0.25, 0.3) is 9.87 Å². The molecule has 39 heavy (non-hydrogen) atoms. The van der Waals surface area contributed by atoms with Crippen molar-refractivity contribution in [1.29, 1.82) is 0 Å². The first-order chi connectivity index (χ1) is 18.7. The molecule has 4 aromatic rings. The second kappa shape index (κ2) is 9.09. The molecule has 7 heteroatoms. The monoisotopic (exact) mass is 538 g/mol. The van der Waals surface area contributed by atoms with Gasteiger partial charge in [-0.1, -0.05) is 120 Å².